The van der Waals surface area contributed by atoms with E-state index in [1.165, 1.54) is 0 Å². The second kappa shape index (κ2) is 8.93. The molecule has 3 aromatic rings. The molecule has 0 fully saturated rings. The number of nitrogens with one attached hydrogen (secondary N) is 2. The molecule has 0 unspecified atom stereocenters. The summed E-state index contributed by atoms with van der Waals surface area (Å²) in [5.41, 5.74) is 3.27. The van der Waals surface area contributed by atoms with Crippen molar-refractivity contribution in [2.45, 2.75) is 0 Å². The maximum atomic E-state index is 12.5. The van der Waals surface area contributed by atoms with Crippen molar-refractivity contribution < 1.29 is 14.3 Å². The molecule has 0 spiro atoms. The first-order valence-electron chi connectivity index (χ1n) is 9.11. The van der Waals surface area contributed by atoms with Gasteiger partial charge >= 0.3 is 0 Å². The highest BCUT2D eigenvalue weighted by molar-refractivity contribution is 6.06. The number of anilines is 3. The summed E-state index contributed by atoms with van der Waals surface area (Å²) >= 11 is 0. The predicted molar refractivity (Wildman–Crippen MR) is 116 cm³/mol. The second-order valence-electron chi connectivity index (χ2n) is 6.63. The number of hydrogen-bond acceptors (Lipinski definition) is 4. The van der Waals surface area contributed by atoms with Crippen LogP contribution in [0, 0.1) is 0 Å². The number of carbonyl (C=O) groups excluding carboxylic acids is 2. The van der Waals surface area contributed by atoms with E-state index in [1.807, 2.05) is 43.3 Å². The molecule has 0 aromatic heterocycles. The van der Waals surface area contributed by atoms with Crippen LogP contribution in [0.15, 0.2) is 72.8 Å². The Morgan fingerprint density at radius 1 is 0.759 bits per heavy atom. The van der Waals surface area contributed by atoms with Gasteiger partial charge in [-0.1, -0.05) is 12.1 Å². The van der Waals surface area contributed by atoms with Crippen LogP contribution in [-0.2, 0) is 0 Å². The number of ether oxygens (including phenoxy) is 1. The molecule has 148 valence electrons. The van der Waals surface area contributed by atoms with Crippen LogP contribution in [0.5, 0.6) is 5.75 Å². The molecule has 0 aliphatic heterocycles. The minimum Gasteiger partial charge on any atom is -0.495 e. The number of para-hydroxylation sites is 2. The molecule has 0 bridgehead atoms. The molecule has 0 aliphatic rings. The molecule has 2 amide bonds. The van der Waals surface area contributed by atoms with E-state index in [0.29, 0.717) is 28.3 Å². The molecule has 6 heteroatoms. The summed E-state index contributed by atoms with van der Waals surface area (Å²) in [4.78, 5) is 26.8. The van der Waals surface area contributed by atoms with Crippen LogP contribution in [0.1, 0.15) is 20.7 Å². The molecule has 0 aliphatic carbocycles. The lowest BCUT2D eigenvalue weighted by atomic mass is 10.1. The fourth-order valence-electron chi connectivity index (χ4n) is 2.76. The summed E-state index contributed by atoms with van der Waals surface area (Å²) in [6, 6.07) is 21.3. The first kappa shape index (κ1) is 19.9. The van der Waals surface area contributed by atoms with Crippen molar-refractivity contribution >= 4 is 28.9 Å². The van der Waals surface area contributed by atoms with Crippen LogP contribution in [0.25, 0.3) is 0 Å². The minimum atomic E-state index is -0.258. The molecule has 6 nitrogen and oxygen atoms in total. The Balaban J connectivity index is 1.65. The van der Waals surface area contributed by atoms with Crippen molar-refractivity contribution in [3.05, 3.63) is 83.9 Å². The molecule has 0 saturated heterocycles. The zero-order valence-corrected chi connectivity index (χ0v) is 16.6. The van der Waals surface area contributed by atoms with Crippen molar-refractivity contribution in [1.29, 1.82) is 0 Å². The average Bonchev–Trinajstić information content (AvgIpc) is 2.74. The van der Waals surface area contributed by atoms with Gasteiger partial charge in [0.25, 0.3) is 11.8 Å². The monoisotopic (exact) mass is 389 g/mol. The van der Waals surface area contributed by atoms with Gasteiger partial charge in [0.05, 0.1) is 12.8 Å². The number of carbonyl (C=O) groups is 2. The Kier molecular flexibility index (Phi) is 6.14. The molecular weight excluding hydrogens is 366 g/mol. The summed E-state index contributed by atoms with van der Waals surface area (Å²) in [7, 11) is 5.44. The largest absolute Gasteiger partial charge is 0.495 e. The lowest BCUT2D eigenvalue weighted by Crippen LogP contribution is -2.14. The SMILES string of the molecule is COc1ccccc1NC(=O)c1ccc(NC(=O)c2ccc(N(C)C)cc2)cc1. The van der Waals surface area contributed by atoms with Crippen LogP contribution >= 0.6 is 0 Å². The van der Waals surface area contributed by atoms with E-state index in [9.17, 15) is 9.59 Å². The number of methoxy groups -OCH3 is 1. The van der Waals surface area contributed by atoms with Crippen molar-refractivity contribution in [3.63, 3.8) is 0 Å². The Morgan fingerprint density at radius 3 is 1.90 bits per heavy atom. The molecule has 29 heavy (non-hydrogen) atoms. The number of hydrogen-bond donors (Lipinski definition) is 2. The molecule has 3 rings (SSSR count). The maximum Gasteiger partial charge on any atom is 0.255 e. The summed E-state index contributed by atoms with van der Waals surface area (Å²) in [5.74, 6) is 0.123. The Morgan fingerprint density at radius 2 is 1.31 bits per heavy atom. The Bertz CT molecular complexity index is 997. The van der Waals surface area contributed by atoms with E-state index >= 15 is 0 Å². The highest BCUT2D eigenvalue weighted by atomic mass is 16.5. The van der Waals surface area contributed by atoms with Crippen molar-refractivity contribution in [2.24, 2.45) is 0 Å². The topological polar surface area (TPSA) is 70.7 Å². The summed E-state index contributed by atoms with van der Waals surface area (Å²) in [5, 5.41) is 5.66. The molecule has 0 saturated carbocycles. The van der Waals surface area contributed by atoms with Crippen molar-refractivity contribution in [1.82, 2.24) is 0 Å². The summed E-state index contributed by atoms with van der Waals surface area (Å²) in [6.07, 6.45) is 0. The van der Waals surface area contributed by atoms with Gasteiger partial charge in [0.1, 0.15) is 5.75 Å². The van der Waals surface area contributed by atoms with Gasteiger partial charge in [-0.05, 0) is 60.7 Å². The number of amides is 2. The third kappa shape index (κ3) is 4.93. The van der Waals surface area contributed by atoms with Crippen molar-refractivity contribution in [2.75, 3.05) is 36.7 Å². The third-order valence-electron chi connectivity index (χ3n) is 4.41. The zero-order valence-electron chi connectivity index (χ0n) is 16.6. The Hall–Kier alpha value is -3.80. The van der Waals surface area contributed by atoms with E-state index in [1.54, 1.807) is 55.6 Å². The van der Waals surface area contributed by atoms with E-state index < -0.39 is 0 Å². The lowest BCUT2D eigenvalue weighted by Gasteiger charge is -2.13. The average molecular weight is 389 g/mol. The normalized spacial score (nSPS) is 10.2. The summed E-state index contributed by atoms with van der Waals surface area (Å²) in [6.45, 7) is 0. The number of rotatable bonds is 6. The van der Waals surface area contributed by atoms with Gasteiger partial charge in [-0.3, -0.25) is 9.59 Å². The van der Waals surface area contributed by atoms with Crippen LogP contribution < -0.4 is 20.3 Å². The lowest BCUT2D eigenvalue weighted by molar-refractivity contribution is 0.101. The fraction of sp³-hybridized carbons (Fsp3) is 0.130. The number of nitrogens with zero attached hydrogens (tertiary/aromatic N) is 1. The standard InChI is InChI=1S/C23H23N3O3/c1-26(2)19-14-10-17(11-15-19)22(27)24-18-12-8-16(9-13-18)23(28)25-20-6-4-5-7-21(20)29-3/h4-15H,1-3H3,(H,24,27)(H,25,28). The number of benzene rings is 3. The molecular formula is C23H23N3O3. The third-order valence-corrected chi connectivity index (χ3v) is 4.41. The Labute approximate surface area is 170 Å². The molecule has 0 radical (unpaired) electrons. The first-order valence-corrected chi connectivity index (χ1v) is 9.11. The molecule has 2 N–H and O–H groups in total. The van der Waals surface area contributed by atoms with E-state index in [2.05, 4.69) is 10.6 Å². The smallest absolute Gasteiger partial charge is 0.255 e. The van der Waals surface area contributed by atoms with E-state index in [0.717, 1.165) is 5.69 Å². The maximum absolute atomic E-state index is 12.5. The van der Waals surface area contributed by atoms with Crippen LogP contribution in [0.3, 0.4) is 0 Å². The first-order chi connectivity index (χ1) is 14.0. The van der Waals surface area contributed by atoms with Crippen LogP contribution in [0.2, 0.25) is 0 Å². The van der Waals surface area contributed by atoms with Gasteiger partial charge in [0.2, 0.25) is 0 Å². The van der Waals surface area contributed by atoms with Crippen LogP contribution in [-0.4, -0.2) is 33.0 Å². The van der Waals surface area contributed by atoms with Gasteiger partial charge in [-0.2, -0.15) is 0 Å². The highest BCUT2D eigenvalue weighted by Gasteiger charge is 2.11. The van der Waals surface area contributed by atoms with Crippen molar-refractivity contribution in [3.8, 4) is 5.75 Å². The molecule has 0 atom stereocenters. The zero-order chi connectivity index (χ0) is 20.8. The highest BCUT2D eigenvalue weighted by Crippen LogP contribution is 2.24. The predicted octanol–water partition coefficient (Wildman–Crippen LogP) is 4.27. The van der Waals surface area contributed by atoms with E-state index in [4.69, 9.17) is 4.74 Å². The van der Waals surface area contributed by atoms with Gasteiger partial charge in [0.15, 0.2) is 0 Å². The van der Waals surface area contributed by atoms with Crippen LogP contribution in [0.4, 0.5) is 17.1 Å². The second-order valence-corrected chi connectivity index (χ2v) is 6.63. The van der Waals surface area contributed by atoms with Gasteiger partial charge in [-0.25, -0.2) is 0 Å². The van der Waals surface area contributed by atoms with Gasteiger partial charge in [-0.15, -0.1) is 0 Å². The van der Waals surface area contributed by atoms with Gasteiger partial charge < -0.3 is 20.3 Å². The fourth-order valence-corrected chi connectivity index (χ4v) is 2.76. The summed E-state index contributed by atoms with van der Waals surface area (Å²) < 4.78 is 5.24. The minimum absolute atomic E-state index is 0.207. The molecule has 0 heterocycles. The van der Waals surface area contributed by atoms with E-state index in [-0.39, 0.29) is 11.8 Å². The van der Waals surface area contributed by atoms with Gasteiger partial charge in [0, 0.05) is 36.6 Å². The quantitative estimate of drug-likeness (QED) is 0.661. The molecule has 3 aromatic carbocycles.